The van der Waals surface area contributed by atoms with Crippen molar-refractivity contribution in [3.05, 3.63) is 0 Å². The molecular weight excluding hydrogens is 222 g/mol. The van der Waals surface area contributed by atoms with Crippen LogP contribution in [0.25, 0.3) is 0 Å². The van der Waals surface area contributed by atoms with Crippen LogP contribution in [-0.2, 0) is 0 Å². The van der Waals surface area contributed by atoms with Crippen LogP contribution in [-0.4, -0.2) is 34.5 Å². The summed E-state index contributed by atoms with van der Waals surface area (Å²) in [5, 5.41) is 3.04. The van der Waals surface area contributed by atoms with E-state index in [9.17, 15) is 4.79 Å². The van der Waals surface area contributed by atoms with E-state index < -0.39 is 0 Å². The Balaban J connectivity index is 1.93. The highest BCUT2D eigenvalue weighted by Gasteiger charge is 2.30. The number of piperidine rings is 1. The third kappa shape index (κ3) is 2.45. The third-order valence-electron chi connectivity index (χ3n) is 3.52. The van der Waals surface area contributed by atoms with Crippen LogP contribution in [0.4, 0.5) is 4.79 Å². The lowest BCUT2D eigenvalue weighted by Gasteiger charge is -2.37. The van der Waals surface area contributed by atoms with Crippen molar-refractivity contribution in [2.45, 2.75) is 50.6 Å². The molecule has 0 radical (unpaired) electrons. The average Bonchev–Trinajstić information content (AvgIpc) is 2.23. The largest absolute Gasteiger partial charge is 0.392 e. The summed E-state index contributed by atoms with van der Waals surface area (Å²) in [5.41, 5.74) is 5.68. The number of thiocarbonyl (C=S) groups is 1. The van der Waals surface area contributed by atoms with Gasteiger partial charge in [-0.2, -0.15) is 0 Å². The summed E-state index contributed by atoms with van der Waals surface area (Å²) < 4.78 is 0. The highest BCUT2D eigenvalue weighted by molar-refractivity contribution is 7.80. The summed E-state index contributed by atoms with van der Waals surface area (Å²) in [7, 11) is 0. The Bertz CT molecular complexity index is 291. The van der Waals surface area contributed by atoms with Gasteiger partial charge in [-0.3, -0.25) is 0 Å². The van der Waals surface area contributed by atoms with E-state index >= 15 is 0 Å². The fourth-order valence-corrected chi connectivity index (χ4v) is 2.53. The lowest BCUT2D eigenvalue weighted by Crippen LogP contribution is -2.55. The summed E-state index contributed by atoms with van der Waals surface area (Å²) in [6.07, 6.45) is 6.51. The van der Waals surface area contributed by atoms with E-state index in [0.29, 0.717) is 11.0 Å². The number of carbonyl (C=O) groups is 1. The molecule has 2 amide bonds. The number of amides is 2. The standard InChI is InChI=1S/C11H19N3OS/c12-10(16)9-6-1-2-7-14(9)11(15)13-8-4-3-5-8/h8-9H,1-7H2,(H2,12,16)(H,13,15). The second-order valence-corrected chi connectivity index (χ2v) is 5.16. The van der Waals surface area contributed by atoms with Gasteiger partial charge in [0.1, 0.15) is 0 Å². The van der Waals surface area contributed by atoms with Gasteiger partial charge in [-0.25, -0.2) is 4.79 Å². The van der Waals surface area contributed by atoms with Gasteiger partial charge in [0.25, 0.3) is 0 Å². The zero-order valence-corrected chi connectivity index (χ0v) is 10.3. The van der Waals surface area contributed by atoms with Crippen molar-refractivity contribution < 1.29 is 4.79 Å². The molecule has 1 unspecified atom stereocenters. The molecular formula is C11H19N3OS. The Morgan fingerprint density at radius 1 is 1.25 bits per heavy atom. The Labute approximate surface area is 102 Å². The van der Waals surface area contributed by atoms with Gasteiger partial charge in [0.15, 0.2) is 0 Å². The maximum absolute atomic E-state index is 12.0. The molecule has 1 aliphatic heterocycles. The van der Waals surface area contributed by atoms with Crippen LogP contribution >= 0.6 is 12.2 Å². The SMILES string of the molecule is NC(=S)C1CCCCN1C(=O)NC1CCC1. The second kappa shape index (κ2) is 4.99. The lowest BCUT2D eigenvalue weighted by molar-refractivity contribution is 0.163. The number of carbonyl (C=O) groups excluding carboxylic acids is 1. The number of hydrogen-bond acceptors (Lipinski definition) is 2. The molecule has 2 fully saturated rings. The first-order valence-corrected chi connectivity index (χ1v) is 6.46. The lowest BCUT2D eigenvalue weighted by atomic mass is 9.93. The minimum Gasteiger partial charge on any atom is -0.392 e. The van der Waals surface area contributed by atoms with Gasteiger partial charge >= 0.3 is 6.03 Å². The van der Waals surface area contributed by atoms with Crippen LogP contribution in [0.15, 0.2) is 0 Å². The highest BCUT2D eigenvalue weighted by atomic mass is 32.1. The van der Waals surface area contributed by atoms with Gasteiger partial charge in [0.05, 0.1) is 11.0 Å². The molecule has 0 aromatic rings. The Morgan fingerprint density at radius 3 is 2.56 bits per heavy atom. The fourth-order valence-electron chi connectivity index (χ4n) is 2.28. The monoisotopic (exact) mass is 241 g/mol. The van der Waals surface area contributed by atoms with Crippen molar-refractivity contribution in [3.8, 4) is 0 Å². The molecule has 3 N–H and O–H groups in total. The number of hydrogen-bond donors (Lipinski definition) is 2. The maximum atomic E-state index is 12.0. The Morgan fingerprint density at radius 2 is 2.00 bits per heavy atom. The number of nitrogens with zero attached hydrogens (tertiary/aromatic N) is 1. The van der Waals surface area contributed by atoms with Gasteiger partial charge in [0, 0.05) is 12.6 Å². The van der Waals surface area contributed by atoms with E-state index in [2.05, 4.69) is 5.32 Å². The molecule has 0 aromatic carbocycles. The summed E-state index contributed by atoms with van der Waals surface area (Å²) in [6, 6.07) is 0.354. The molecule has 2 rings (SSSR count). The maximum Gasteiger partial charge on any atom is 0.318 e. The van der Waals surface area contributed by atoms with Crippen molar-refractivity contribution in [2.24, 2.45) is 5.73 Å². The van der Waals surface area contributed by atoms with E-state index in [1.807, 2.05) is 4.90 Å². The van der Waals surface area contributed by atoms with Gasteiger partial charge in [-0.15, -0.1) is 0 Å². The fraction of sp³-hybridized carbons (Fsp3) is 0.818. The molecule has 1 atom stereocenters. The Kier molecular flexibility index (Phi) is 3.63. The molecule has 1 saturated carbocycles. The molecule has 1 heterocycles. The first-order chi connectivity index (χ1) is 7.68. The minimum absolute atomic E-state index is 0.0159. The van der Waals surface area contributed by atoms with Crippen molar-refractivity contribution in [2.75, 3.05) is 6.54 Å². The van der Waals surface area contributed by atoms with Gasteiger partial charge < -0.3 is 16.0 Å². The normalized spacial score (nSPS) is 26.0. The van der Waals surface area contributed by atoms with Gasteiger partial charge in [-0.05, 0) is 38.5 Å². The van der Waals surface area contributed by atoms with Crippen LogP contribution in [0.3, 0.4) is 0 Å². The smallest absolute Gasteiger partial charge is 0.318 e. The quantitative estimate of drug-likeness (QED) is 0.718. The first kappa shape index (κ1) is 11.6. The van der Waals surface area contributed by atoms with Crippen LogP contribution < -0.4 is 11.1 Å². The molecule has 4 nitrogen and oxygen atoms in total. The van der Waals surface area contributed by atoms with E-state index in [4.69, 9.17) is 18.0 Å². The van der Waals surface area contributed by atoms with Crippen LogP contribution in [0.2, 0.25) is 0 Å². The minimum atomic E-state index is -0.0381. The van der Waals surface area contributed by atoms with Crippen LogP contribution in [0.5, 0.6) is 0 Å². The van der Waals surface area contributed by atoms with Gasteiger partial charge in [-0.1, -0.05) is 12.2 Å². The van der Waals surface area contributed by atoms with E-state index in [0.717, 1.165) is 38.6 Å². The summed E-state index contributed by atoms with van der Waals surface area (Å²) in [5.74, 6) is 0. The molecule has 0 bridgehead atoms. The summed E-state index contributed by atoms with van der Waals surface area (Å²) in [4.78, 5) is 14.3. The molecule has 5 heteroatoms. The topological polar surface area (TPSA) is 58.4 Å². The molecule has 16 heavy (non-hydrogen) atoms. The number of nitrogens with two attached hydrogens (primary N) is 1. The summed E-state index contributed by atoms with van der Waals surface area (Å²) in [6.45, 7) is 0.778. The van der Waals surface area contributed by atoms with Crippen LogP contribution in [0.1, 0.15) is 38.5 Å². The Hall–Kier alpha value is -0.840. The average molecular weight is 241 g/mol. The predicted octanol–water partition coefficient (Wildman–Crippen LogP) is 1.39. The zero-order valence-electron chi connectivity index (χ0n) is 9.45. The number of urea groups is 1. The van der Waals surface area contributed by atoms with Crippen LogP contribution in [0, 0.1) is 0 Å². The molecule has 1 saturated heterocycles. The highest BCUT2D eigenvalue weighted by Crippen LogP contribution is 2.21. The second-order valence-electron chi connectivity index (χ2n) is 4.68. The summed E-state index contributed by atoms with van der Waals surface area (Å²) >= 11 is 5.02. The van der Waals surface area contributed by atoms with E-state index in [1.165, 1.54) is 6.42 Å². The number of nitrogens with one attached hydrogen (secondary N) is 1. The van der Waals surface area contributed by atoms with Crippen molar-refractivity contribution in [1.29, 1.82) is 0 Å². The molecule has 0 spiro atoms. The predicted molar refractivity (Wildman–Crippen MR) is 67.3 cm³/mol. The van der Waals surface area contributed by atoms with E-state index in [-0.39, 0.29) is 12.1 Å². The van der Waals surface area contributed by atoms with E-state index in [1.54, 1.807) is 0 Å². The zero-order chi connectivity index (χ0) is 11.5. The first-order valence-electron chi connectivity index (χ1n) is 6.05. The molecule has 2 aliphatic rings. The molecule has 1 aliphatic carbocycles. The number of rotatable bonds is 2. The molecule has 90 valence electrons. The third-order valence-corrected chi connectivity index (χ3v) is 3.80. The van der Waals surface area contributed by atoms with Crippen molar-refractivity contribution in [3.63, 3.8) is 0 Å². The number of likely N-dealkylation sites (tertiary alicyclic amines) is 1. The van der Waals surface area contributed by atoms with Crippen molar-refractivity contribution >= 4 is 23.2 Å². The van der Waals surface area contributed by atoms with Crippen molar-refractivity contribution in [1.82, 2.24) is 10.2 Å². The molecule has 0 aromatic heterocycles. The van der Waals surface area contributed by atoms with Gasteiger partial charge in [0.2, 0.25) is 0 Å².